The van der Waals surface area contributed by atoms with E-state index in [1.807, 2.05) is 4.90 Å². The zero-order chi connectivity index (χ0) is 19.4. The summed E-state index contributed by atoms with van der Waals surface area (Å²) in [6.45, 7) is 5.00. The van der Waals surface area contributed by atoms with Crippen LogP contribution in [0.3, 0.4) is 0 Å². The molecular formula is C21H26N2O4. The lowest BCUT2D eigenvalue weighted by atomic mass is 9.98. The normalized spacial score (nSPS) is 19.6. The maximum atomic E-state index is 13.0. The van der Waals surface area contributed by atoms with Crippen LogP contribution in [0.2, 0.25) is 0 Å². The minimum atomic E-state index is -0.722. The van der Waals surface area contributed by atoms with Crippen molar-refractivity contribution in [2.24, 2.45) is 0 Å². The van der Waals surface area contributed by atoms with E-state index in [1.54, 1.807) is 38.1 Å². The van der Waals surface area contributed by atoms with Gasteiger partial charge in [-0.2, -0.15) is 0 Å². The number of likely N-dealkylation sites (tertiary alicyclic amines) is 1. The van der Waals surface area contributed by atoms with Gasteiger partial charge < -0.3 is 15.0 Å². The summed E-state index contributed by atoms with van der Waals surface area (Å²) in [5.41, 5.74) is 0.159. The van der Waals surface area contributed by atoms with Crippen molar-refractivity contribution < 1.29 is 19.1 Å². The Hall–Kier alpha value is -2.63. The van der Waals surface area contributed by atoms with Crippen molar-refractivity contribution in [3.63, 3.8) is 0 Å². The van der Waals surface area contributed by atoms with E-state index in [-0.39, 0.29) is 23.9 Å². The second kappa shape index (κ2) is 7.94. The molecule has 2 aliphatic rings. The molecule has 2 aliphatic heterocycles. The number of amides is 2. The van der Waals surface area contributed by atoms with Crippen LogP contribution >= 0.6 is 0 Å². The lowest BCUT2D eigenvalue weighted by molar-refractivity contribution is -0.128. The number of benzene rings is 1. The van der Waals surface area contributed by atoms with Crippen molar-refractivity contribution >= 4 is 23.3 Å². The van der Waals surface area contributed by atoms with Gasteiger partial charge in [-0.25, -0.2) is 0 Å². The van der Waals surface area contributed by atoms with E-state index < -0.39 is 11.5 Å². The van der Waals surface area contributed by atoms with Crippen LogP contribution in [-0.2, 0) is 14.3 Å². The minimum Gasteiger partial charge on any atom is -0.481 e. The first-order valence-electron chi connectivity index (χ1n) is 9.49. The first kappa shape index (κ1) is 19.1. The Morgan fingerprint density at radius 2 is 1.74 bits per heavy atom. The maximum Gasteiger partial charge on any atom is 0.290 e. The number of carbonyl (C=O) groups excluding carboxylic acids is 3. The third kappa shape index (κ3) is 4.76. The number of anilines is 1. The van der Waals surface area contributed by atoms with Gasteiger partial charge in [0, 0.05) is 25.6 Å². The van der Waals surface area contributed by atoms with Crippen molar-refractivity contribution in [1.29, 1.82) is 0 Å². The molecule has 6 nitrogen and oxygen atoms in total. The highest BCUT2D eigenvalue weighted by molar-refractivity contribution is 6.10. The molecule has 2 amide bonds. The van der Waals surface area contributed by atoms with Crippen LogP contribution in [0.1, 0.15) is 56.3 Å². The monoisotopic (exact) mass is 370 g/mol. The Morgan fingerprint density at radius 3 is 2.41 bits per heavy atom. The fraction of sp³-hybridized carbons (Fsp3) is 0.476. The molecule has 2 heterocycles. The number of ketones is 1. The Labute approximate surface area is 159 Å². The second-order valence-corrected chi connectivity index (χ2v) is 7.72. The summed E-state index contributed by atoms with van der Waals surface area (Å²) in [6, 6.07) is 6.96. The van der Waals surface area contributed by atoms with Gasteiger partial charge in [-0.3, -0.25) is 14.4 Å². The van der Waals surface area contributed by atoms with Gasteiger partial charge in [-0.05, 0) is 38.8 Å². The van der Waals surface area contributed by atoms with Crippen LogP contribution in [0, 0.1) is 0 Å². The Kier molecular flexibility index (Phi) is 5.63. The van der Waals surface area contributed by atoms with Gasteiger partial charge in [0.25, 0.3) is 11.8 Å². The largest absolute Gasteiger partial charge is 0.481 e. The second-order valence-electron chi connectivity index (χ2n) is 7.72. The highest BCUT2D eigenvalue weighted by atomic mass is 16.5. The van der Waals surface area contributed by atoms with Crippen LogP contribution < -0.4 is 5.32 Å². The number of ether oxygens (including phenoxy) is 1. The van der Waals surface area contributed by atoms with Crippen LogP contribution in [0.4, 0.5) is 5.69 Å². The van der Waals surface area contributed by atoms with Crippen molar-refractivity contribution in [3.8, 4) is 0 Å². The molecule has 1 aromatic rings. The van der Waals surface area contributed by atoms with Crippen LogP contribution in [-0.4, -0.2) is 41.2 Å². The molecule has 1 fully saturated rings. The summed E-state index contributed by atoms with van der Waals surface area (Å²) in [4.78, 5) is 39.3. The lowest BCUT2D eigenvalue weighted by Gasteiger charge is -2.30. The summed E-state index contributed by atoms with van der Waals surface area (Å²) in [6.07, 6.45) is 5.72. The molecule has 0 bridgehead atoms. The predicted octanol–water partition coefficient (Wildman–Crippen LogP) is 3.29. The van der Waals surface area contributed by atoms with Crippen LogP contribution in [0.25, 0.3) is 0 Å². The van der Waals surface area contributed by atoms with E-state index >= 15 is 0 Å². The number of nitrogens with zero attached hydrogens (tertiary/aromatic N) is 1. The molecule has 0 spiro atoms. The molecule has 0 unspecified atom stereocenters. The third-order valence-corrected chi connectivity index (χ3v) is 4.80. The number of para-hydroxylation sites is 1. The van der Waals surface area contributed by atoms with Crippen molar-refractivity contribution in [3.05, 3.63) is 41.7 Å². The Balaban J connectivity index is 1.79. The van der Waals surface area contributed by atoms with Gasteiger partial charge in [-0.1, -0.05) is 25.0 Å². The molecule has 1 saturated heterocycles. The number of nitrogens with one attached hydrogen (secondary N) is 1. The van der Waals surface area contributed by atoms with Gasteiger partial charge in [0.15, 0.2) is 11.5 Å². The smallest absolute Gasteiger partial charge is 0.290 e. The van der Waals surface area contributed by atoms with Gasteiger partial charge in [0.05, 0.1) is 11.3 Å². The van der Waals surface area contributed by atoms with Gasteiger partial charge in [0.2, 0.25) is 0 Å². The summed E-state index contributed by atoms with van der Waals surface area (Å²) >= 11 is 0. The summed E-state index contributed by atoms with van der Waals surface area (Å²) < 4.78 is 5.64. The van der Waals surface area contributed by atoms with E-state index in [4.69, 9.17) is 4.74 Å². The number of hydrogen-bond acceptors (Lipinski definition) is 4. The summed E-state index contributed by atoms with van der Waals surface area (Å²) in [7, 11) is 0. The van der Waals surface area contributed by atoms with E-state index in [2.05, 4.69) is 5.32 Å². The van der Waals surface area contributed by atoms with E-state index in [9.17, 15) is 14.4 Å². The zero-order valence-electron chi connectivity index (χ0n) is 15.9. The minimum absolute atomic E-state index is 0.0201. The highest BCUT2D eigenvalue weighted by Crippen LogP contribution is 2.26. The van der Waals surface area contributed by atoms with Gasteiger partial charge in [-0.15, -0.1) is 0 Å². The molecule has 1 aromatic carbocycles. The van der Waals surface area contributed by atoms with Crippen LogP contribution in [0.5, 0.6) is 0 Å². The molecule has 0 atom stereocenters. The Bertz CT molecular complexity index is 774. The SMILES string of the molecule is CC1(C)CC(=O)C=C(C(=O)Nc2ccccc2C(=O)N2CCCCCC2)O1. The van der Waals surface area contributed by atoms with Gasteiger partial charge >= 0.3 is 0 Å². The molecular weight excluding hydrogens is 344 g/mol. The topological polar surface area (TPSA) is 75.7 Å². The molecule has 0 aromatic heterocycles. The van der Waals surface area contributed by atoms with E-state index in [0.717, 1.165) is 38.8 Å². The maximum absolute atomic E-state index is 13.0. The lowest BCUT2D eigenvalue weighted by Crippen LogP contribution is -2.35. The average Bonchev–Trinajstić information content (AvgIpc) is 2.89. The first-order valence-corrected chi connectivity index (χ1v) is 9.49. The van der Waals surface area contributed by atoms with Crippen molar-refractivity contribution in [2.75, 3.05) is 18.4 Å². The number of hydrogen-bond donors (Lipinski definition) is 1. The fourth-order valence-electron chi connectivity index (χ4n) is 3.50. The zero-order valence-corrected chi connectivity index (χ0v) is 15.9. The molecule has 3 rings (SSSR count). The first-order chi connectivity index (χ1) is 12.9. The fourth-order valence-corrected chi connectivity index (χ4v) is 3.50. The average molecular weight is 370 g/mol. The third-order valence-electron chi connectivity index (χ3n) is 4.80. The molecule has 0 aliphatic carbocycles. The molecule has 0 saturated carbocycles. The number of carbonyl (C=O) groups is 3. The molecule has 144 valence electrons. The molecule has 0 radical (unpaired) electrons. The number of allylic oxidation sites excluding steroid dienone is 1. The molecule has 27 heavy (non-hydrogen) atoms. The summed E-state index contributed by atoms with van der Waals surface area (Å²) in [5, 5.41) is 2.74. The highest BCUT2D eigenvalue weighted by Gasteiger charge is 2.32. The van der Waals surface area contributed by atoms with Crippen molar-refractivity contribution in [2.45, 2.75) is 51.6 Å². The summed E-state index contributed by atoms with van der Waals surface area (Å²) in [5.74, 6) is -0.770. The predicted molar refractivity (Wildman–Crippen MR) is 102 cm³/mol. The van der Waals surface area contributed by atoms with E-state index in [1.165, 1.54) is 6.08 Å². The molecule has 6 heteroatoms. The van der Waals surface area contributed by atoms with E-state index in [0.29, 0.717) is 11.3 Å². The van der Waals surface area contributed by atoms with Crippen LogP contribution in [0.15, 0.2) is 36.1 Å². The molecule has 1 N–H and O–H groups in total. The Morgan fingerprint density at radius 1 is 1.07 bits per heavy atom. The quantitative estimate of drug-likeness (QED) is 0.886. The number of rotatable bonds is 3. The standard InChI is InChI=1S/C21H26N2O4/c1-21(2)14-15(24)13-18(27-21)19(25)22-17-10-6-5-9-16(17)20(26)23-11-7-3-4-8-12-23/h5-6,9-10,13H,3-4,7-8,11-12,14H2,1-2H3,(H,22,25). The van der Waals surface area contributed by atoms with Gasteiger partial charge in [0.1, 0.15) is 5.60 Å². The van der Waals surface area contributed by atoms with Crippen molar-refractivity contribution in [1.82, 2.24) is 4.90 Å².